The van der Waals surface area contributed by atoms with Crippen molar-refractivity contribution in [2.75, 3.05) is 5.32 Å². The Morgan fingerprint density at radius 1 is 0.885 bits per heavy atom. The van der Waals surface area contributed by atoms with Gasteiger partial charge in [-0.2, -0.15) is 0 Å². The molecular formula is C20H17N3OS2. The zero-order valence-electron chi connectivity index (χ0n) is 13.9. The van der Waals surface area contributed by atoms with Gasteiger partial charge < -0.3 is 9.73 Å². The van der Waals surface area contributed by atoms with Gasteiger partial charge in [-0.25, -0.2) is 0 Å². The minimum absolute atomic E-state index is 0.184. The first-order valence-electron chi connectivity index (χ1n) is 8.25. The molecule has 4 nitrogen and oxygen atoms in total. The summed E-state index contributed by atoms with van der Waals surface area (Å²) < 4.78 is 6.27. The first kappa shape index (κ1) is 16.9. The standard InChI is InChI=1S/C20H17N3OS2/c1-3-8-15(9-4-1)18(16-10-5-2-6-11-16)25-20-23-22-19(26-20)21-14-17-12-7-13-24-17/h1-13,18H,14H2,(H,21,22). The number of hydrogen-bond acceptors (Lipinski definition) is 6. The molecule has 0 fully saturated rings. The van der Waals surface area contributed by atoms with E-state index in [1.165, 1.54) is 11.1 Å². The molecule has 26 heavy (non-hydrogen) atoms. The summed E-state index contributed by atoms with van der Waals surface area (Å²) in [4.78, 5) is 0. The van der Waals surface area contributed by atoms with Gasteiger partial charge in [0.1, 0.15) is 5.76 Å². The van der Waals surface area contributed by atoms with Gasteiger partial charge in [-0.1, -0.05) is 83.8 Å². The molecule has 130 valence electrons. The fourth-order valence-corrected chi connectivity index (χ4v) is 4.66. The summed E-state index contributed by atoms with van der Waals surface area (Å²) in [6.45, 7) is 0.604. The van der Waals surface area contributed by atoms with Gasteiger partial charge in [-0.05, 0) is 23.3 Å². The van der Waals surface area contributed by atoms with Gasteiger partial charge in [0, 0.05) is 0 Å². The Balaban J connectivity index is 1.51. The largest absolute Gasteiger partial charge is 0.467 e. The second kappa shape index (κ2) is 8.21. The van der Waals surface area contributed by atoms with Crippen LogP contribution in [0.1, 0.15) is 22.1 Å². The number of furan rings is 1. The highest BCUT2D eigenvalue weighted by Gasteiger charge is 2.18. The molecule has 0 aliphatic rings. The molecule has 1 N–H and O–H groups in total. The number of aromatic nitrogens is 2. The quantitative estimate of drug-likeness (QED) is 0.422. The highest BCUT2D eigenvalue weighted by atomic mass is 32.2. The van der Waals surface area contributed by atoms with Crippen molar-refractivity contribution in [3.8, 4) is 0 Å². The SMILES string of the molecule is c1ccc(C(Sc2nnc(NCc3ccco3)s2)c2ccccc2)cc1. The summed E-state index contributed by atoms with van der Waals surface area (Å²) >= 11 is 3.28. The summed E-state index contributed by atoms with van der Waals surface area (Å²) in [5, 5.41) is 12.8. The maximum absolute atomic E-state index is 5.33. The summed E-state index contributed by atoms with van der Waals surface area (Å²) in [7, 11) is 0. The summed E-state index contributed by atoms with van der Waals surface area (Å²) in [5.74, 6) is 0.876. The predicted octanol–water partition coefficient (Wildman–Crippen LogP) is 5.62. The molecule has 0 amide bonds. The van der Waals surface area contributed by atoms with E-state index in [0.29, 0.717) is 6.54 Å². The van der Waals surface area contributed by atoms with Crippen LogP contribution in [-0.4, -0.2) is 10.2 Å². The van der Waals surface area contributed by atoms with Crippen LogP contribution in [0.4, 0.5) is 5.13 Å². The van der Waals surface area contributed by atoms with Crippen LogP contribution < -0.4 is 5.32 Å². The van der Waals surface area contributed by atoms with E-state index in [2.05, 4.69) is 64.0 Å². The maximum atomic E-state index is 5.33. The van der Waals surface area contributed by atoms with Crippen molar-refractivity contribution >= 4 is 28.2 Å². The Labute approximate surface area is 160 Å². The highest BCUT2D eigenvalue weighted by molar-refractivity contribution is 8.01. The number of nitrogens with one attached hydrogen (secondary N) is 1. The van der Waals surface area contributed by atoms with E-state index < -0.39 is 0 Å². The molecule has 0 radical (unpaired) electrons. The Hall–Kier alpha value is -2.57. The van der Waals surface area contributed by atoms with Crippen LogP contribution >= 0.6 is 23.1 Å². The third-order valence-corrected chi connectivity index (χ3v) is 6.10. The van der Waals surface area contributed by atoms with Crippen LogP contribution in [0.2, 0.25) is 0 Å². The average Bonchev–Trinajstić information content (AvgIpc) is 3.38. The van der Waals surface area contributed by atoms with E-state index in [0.717, 1.165) is 15.2 Å². The third-order valence-electron chi connectivity index (χ3n) is 3.82. The first-order valence-corrected chi connectivity index (χ1v) is 9.94. The lowest BCUT2D eigenvalue weighted by molar-refractivity contribution is 0.518. The van der Waals surface area contributed by atoms with Crippen LogP contribution in [0.5, 0.6) is 0 Å². The molecule has 0 aliphatic heterocycles. The Morgan fingerprint density at radius 2 is 1.58 bits per heavy atom. The molecule has 0 atom stereocenters. The van der Waals surface area contributed by atoms with E-state index >= 15 is 0 Å². The molecule has 0 unspecified atom stereocenters. The van der Waals surface area contributed by atoms with Gasteiger partial charge in [-0.3, -0.25) is 0 Å². The Morgan fingerprint density at radius 3 is 2.19 bits per heavy atom. The number of thioether (sulfide) groups is 1. The lowest BCUT2D eigenvalue weighted by atomic mass is 10.0. The van der Waals surface area contributed by atoms with Crippen molar-refractivity contribution in [2.45, 2.75) is 16.1 Å². The lowest BCUT2D eigenvalue weighted by Gasteiger charge is -2.15. The van der Waals surface area contributed by atoms with Crippen molar-refractivity contribution in [1.82, 2.24) is 10.2 Å². The smallest absolute Gasteiger partial charge is 0.206 e. The fraction of sp³-hybridized carbons (Fsp3) is 0.100. The van der Waals surface area contributed by atoms with Crippen molar-refractivity contribution in [1.29, 1.82) is 0 Å². The van der Waals surface area contributed by atoms with E-state index in [1.54, 1.807) is 29.4 Å². The zero-order chi connectivity index (χ0) is 17.6. The molecule has 0 bridgehead atoms. The molecule has 0 spiro atoms. The Bertz CT molecular complexity index is 885. The van der Waals surface area contributed by atoms with Crippen LogP contribution in [0, 0.1) is 0 Å². The molecular weight excluding hydrogens is 362 g/mol. The molecule has 0 saturated carbocycles. The molecule has 2 aromatic heterocycles. The summed E-state index contributed by atoms with van der Waals surface area (Å²) in [6.07, 6.45) is 1.67. The summed E-state index contributed by atoms with van der Waals surface area (Å²) in [6, 6.07) is 24.8. The van der Waals surface area contributed by atoms with E-state index in [1.807, 2.05) is 24.3 Å². The third kappa shape index (κ3) is 4.15. The van der Waals surface area contributed by atoms with Gasteiger partial charge in [0.15, 0.2) is 4.34 Å². The van der Waals surface area contributed by atoms with Crippen LogP contribution in [0.15, 0.2) is 87.8 Å². The van der Waals surface area contributed by atoms with Crippen molar-refractivity contribution in [2.24, 2.45) is 0 Å². The number of nitrogens with zero attached hydrogens (tertiary/aromatic N) is 2. The lowest BCUT2D eigenvalue weighted by Crippen LogP contribution is -1.97. The maximum Gasteiger partial charge on any atom is 0.206 e. The molecule has 0 aliphatic carbocycles. The highest BCUT2D eigenvalue weighted by Crippen LogP contribution is 2.42. The molecule has 0 saturated heterocycles. The van der Waals surface area contributed by atoms with Gasteiger partial charge in [0.25, 0.3) is 0 Å². The minimum Gasteiger partial charge on any atom is -0.467 e. The normalized spacial score (nSPS) is 11.0. The number of rotatable bonds is 7. The number of benzene rings is 2. The second-order valence-electron chi connectivity index (χ2n) is 5.63. The summed E-state index contributed by atoms with van der Waals surface area (Å²) in [5.41, 5.74) is 2.51. The van der Waals surface area contributed by atoms with Crippen LogP contribution in [0.25, 0.3) is 0 Å². The zero-order valence-corrected chi connectivity index (χ0v) is 15.5. The van der Waals surface area contributed by atoms with Gasteiger partial charge >= 0.3 is 0 Å². The Kier molecular flexibility index (Phi) is 5.33. The minimum atomic E-state index is 0.184. The van der Waals surface area contributed by atoms with Crippen molar-refractivity contribution < 1.29 is 4.42 Å². The monoisotopic (exact) mass is 379 g/mol. The molecule has 2 heterocycles. The molecule has 6 heteroatoms. The van der Waals surface area contributed by atoms with Gasteiger partial charge in [0.2, 0.25) is 5.13 Å². The van der Waals surface area contributed by atoms with Crippen LogP contribution in [0.3, 0.4) is 0 Å². The molecule has 4 aromatic rings. The average molecular weight is 380 g/mol. The van der Waals surface area contributed by atoms with Crippen LogP contribution in [-0.2, 0) is 6.54 Å². The fourth-order valence-electron chi connectivity index (χ4n) is 2.59. The van der Waals surface area contributed by atoms with E-state index in [4.69, 9.17) is 4.42 Å². The molecule has 4 rings (SSSR count). The second-order valence-corrected chi connectivity index (χ2v) is 7.96. The van der Waals surface area contributed by atoms with Crippen molar-refractivity contribution in [3.63, 3.8) is 0 Å². The molecule has 2 aromatic carbocycles. The van der Waals surface area contributed by atoms with E-state index in [9.17, 15) is 0 Å². The first-order chi connectivity index (χ1) is 12.9. The number of hydrogen-bond donors (Lipinski definition) is 1. The van der Waals surface area contributed by atoms with E-state index in [-0.39, 0.29) is 5.25 Å². The van der Waals surface area contributed by atoms with Crippen molar-refractivity contribution in [3.05, 3.63) is 95.9 Å². The van der Waals surface area contributed by atoms with Gasteiger partial charge in [-0.15, -0.1) is 10.2 Å². The predicted molar refractivity (Wildman–Crippen MR) is 107 cm³/mol. The number of anilines is 1. The van der Waals surface area contributed by atoms with Gasteiger partial charge in [0.05, 0.1) is 18.1 Å². The topological polar surface area (TPSA) is 51.0 Å².